The highest BCUT2D eigenvalue weighted by molar-refractivity contribution is 7.99. The predicted molar refractivity (Wildman–Crippen MR) is 94.1 cm³/mol. The van der Waals surface area contributed by atoms with Gasteiger partial charge in [-0.25, -0.2) is 4.39 Å². The number of nitrogens with zero attached hydrogens (tertiary/aromatic N) is 2. The van der Waals surface area contributed by atoms with Crippen LogP contribution in [0.15, 0.2) is 42.1 Å². The van der Waals surface area contributed by atoms with Gasteiger partial charge in [-0.1, -0.05) is 11.9 Å². The number of hydrogen-bond donors (Lipinski definition) is 1. The average Bonchev–Trinajstić information content (AvgIpc) is 2.54. The van der Waals surface area contributed by atoms with Crippen molar-refractivity contribution in [2.45, 2.75) is 19.4 Å². The van der Waals surface area contributed by atoms with Gasteiger partial charge < -0.3 is 9.46 Å². The Morgan fingerprint density at radius 1 is 1.29 bits per heavy atom. The third kappa shape index (κ3) is 2.83. The summed E-state index contributed by atoms with van der Waals surface area (Å²) in [5.41, 5.74) is 2.58. The first-order chi connectivity index (χ1) is 11.5. The minimum Gasteiger partial charge on any atom is -0.482 e. The van der Waals surface area contributed by atoms with Gasteiger partial charge in [-0.3, -0.25) is 4.98 Å². The molecule has 0 bridgehead atoms. The average molecular weight is 341 g/mol. The van der Waals surface area contributed by atoms with Gasteiger partial charge in [0, 0.05) is 29.1 Å². The Bertz CT molecular complexity index is 854. The van der Waals surface area contributed by atoms with Crippen LogP contribution in [0, 0.1) is 17.1 Å². The monoisotopic (exact) mass is 341 g/mol. The summed E-state index contributed by atoms with van der Waals surface area (Å²) in [4.78, 5) is 4.16. The minimum absolute atomic E-state index is 0.413. The maximum Gasteiger partial charge on any atom is 0.141 e. The molecule has 0 radical (unpaired) electrons. The number of halogens is 1. The van der Waals surface area contributed by atoms with Crippen molar-refractivity contribution in [1.29, 1.82) is 5.26 Å². The van der Waals surface area contributed by atoms with E-state index in [1.807, 2.05) is 38.3 Å². The van der Waals surface area contributed by atoms with Gasteiger partial charge >= 0.3 is 0 Å². The molecule has 1 N–H and O–H groups in total. The van der Waals surface area contributed by atoms with E-state index in [1.54, 1.807) is 6.07 Å². The van der Waals surface area contributed by atoms with E-state index in [0.717, 1.165) is 17.4 Å². The van der Waals surface area contributed by atoms with Crippen LogP contribution in [0.25, 0.3) is 5.57 Å². The second-order valence-electron chi connectivity index (χ2n) is 5.85. The van der Waals surface area contributed by atoms with E-state index < -0.39 is 11.4 Å². The summed E-state index contributed by atoms with van der Waals surface area (Å²) in [6.07, 6.45) is 3.09. The highest BCUT2D eigenvalue weighted by Crippen LogP contribution is 2.44. The first-order valence-electron chi connectivity index (χ1n) is 7.35. The molecule has 24 heavy (non-hydrogen) atoms. The lowest BCUT2D eigenvalue weighted by Crippen LogP contribution is -2.34. The Balaban J connectivity index is 2.24. The van der Waals surface area contributed by atoms with Crippen molar-refractivity contribution in [3.05, 3.63) is 59.2 Å². The highest BCUT2D eigenvalue weighted by Gasteiger charge is 2.36. The van der Waals surface area contributed by atoms with Crippen molar-refractivity contribution >= 4 is 23.2 Å². The van der Waals surface area contributed by atoms with E-state index >= 15 is 0 Å². The van der Waals surface area contributed by atoms with Crippen LogP contribution in [-0.4, -0.2) is 16.8 Å². The van der Waals surface area contributed by atoms with Gasteiger partial charge in [0.1, 0.15) is 17.2 Å². The lowest BCUT2D eigenvalue weighted by Gasteiger charge is -2.34. The lowest BCUT2D eigenvalue weighted by molar-refractivity contribution is 0.149. The van der Waals surface area contributed by atoms with Crippen LogP contribution in [-0.2, 0) is 0 Å². The molecule has 4 nitrogen and oxygen atoms in total. The summed E-state index contributed by atoms with van der Waals surface area (Å²) < 4.78 is 22.5. The van der Waals surface area contributed by atoms with Crippen molar-refractivity contribution in [2.24, 2.45) is 0 Å². The maximum atomic E-state index is 13.2. The number of ether oxygens (including phenoxy) is 1. The van der Waals surface area contributed by atoms with Gasteiger partial charge in [-0.2, -0.15) is 5.26 Å². The minimum atomic E-state index is -0.800. The van der Waals surface area contributed by atoms with Crippen LogP contribution < -0.4 is 9.46 Å². The number of hydrogen-bond acceptors (Lipinski definition) is 5. The molecule has 0 saturated heterocycles. The Hall–Kier alpha value is -2.52. The first kappa shape index (κ1) is 16.3. The summed E-state index contributed by atoms with van der Waals surface area (Å²) in [5, 5.41) is 9.67. The van der Waals surface area contributed by atoms with Crippen LogP contribution in [0.2, 0.25) is 0 Å². The molecule has 0 unspecified atom stereocenters. The second kappa shape index (κ2) is 6.17. The number of nitrogens with one attached hydrogen (secondary N) is 1. The van der Waals surface area contributed by atoms with Gasteiger partial charge in [0.25, 0.3) is 0 Å². The number of nitriles is 1. The summed E-state index contributed by atoms with van der Waals surface area (Å²) in [5.74, 6) is 0.253. The SMILES string of the molecule is CSNc1ccc2c(c1)OC(C)(C)C(C#N)=C2c1ccc(F)cn1. The van der Waals surface area contributed by atoms with E-state index in [-0.39, 0.29) is 0 Å². The molecule has 0 atom stereocenters. The smallest absolute Gasteiger partial charge is 0.141 e. The Labute approximate surface area is 144 Å². The van der Waals surface area contributed by atoms with Crippen molar-refractivity contribution < 1.29 is 9.13 Å². The number of aromatic nitrogens is 1. The molecule has 3 rings (SSSR count). The van der Waals surface area contributed by atoms with Crippen molar-refractivity contribution in [1.82, 2.24) is 4.98 Å². The molecule has 0 saturated carbocycles. The third-order valence-electron chi connectivity index (χ3n) is 3.78. The molecule has 2 heterocycles. The first-order valence-corrected chi connectivity index (χ1v) is 8.58. The van der Waals surface area contributed by atoms with Crippen LogP contribution in [0.1, 0.15) is 25.1 Å². The van der Waals surface area contributed by atoms with Gasteiger partial charge in [0.05, 0.1) is 23.5 Å². The van der Waals surface area contributed by atoms with Crippen LogP contribution in [0.3, 0.4) is 0 Å². The fourth-order valence-electron chi connectivity index (χ4n) is 2.74. The Morgan fingerprint density at radius 3 is 2.71 bits per heavy atom. The zero-order valence-electron chi connectivity index (χ0n) is 13.6. The largest absolute Gasteiger partial charge is 0.482 e. The number of benzene rings is 1. The number of pyridine rings is 1. The third-order valence-corrected chi connectivity index (χ3v) is 4.22. The molecule has 1 aliphatic heterocycles. The van der Waals surface area contributed by atoms with E-state index in [0.29, 0.717) is 22.6 Å². The highest BCUT2D eigenvalue weighted by atomic mass is 32.2. The molecule has 1 aliphatic rings. The number of rotatable bonds is 3. The van der Waals surface area contributed by atoms with E-state index in [4.69, 9.17) is 4.74 Å². The Kier molecular flexibility index (Phi) is 4.20. The zero-order valence-corrected chi connectivity index (χ0v) is 14.4. The van der Waals surface area contributed by atoms with E-state index in [9.17, 15) is 9.65 Å². The molecule has 0 spiro atoms. The van der Waals surface area contributed by atoms with E-state index in [1.165, 1.54) is 18.0 Å². The Morgan fingerprint density at radius 2 is 2.08 bits per heavy atom. The van der Waals surface area contributed by atoms with Crippen molar-refractivity contribution in [2.75, 3.05) is 11.0 Å². The zero-order chi connectivity index (χ0) is 17.3. The van der Waals surface area contributed by atoms with Crippen LogP contribution >= 0.6 is 11.9 Å². The van der Waals surface area contributed by atoms with Gasteiger partial charge in [-0.15, -0.1) is 0 Å². The maximum absolute atomic E-state index is 13.2. The molecular formula is C18H16FN3OS. The fourth-order valence-corrected chi connectivity index (χ4v) is 3.10. The molecule has 2 aromatic rings. The molecule has 122 valence electrons. The van der Waals surface area contributed by atoms with Crippen molar-refractivity contribution in [3.63, 3.8) is 0 Å². The molecule has 0 amide bonds. The summed E-state index contributed by atoms with van der Waals surface area (Å²) >= 11 is 1.49. The summed E-state index contributed by atoms with van der Waals surface area (Å²) in [6.45, 7) is 3.68. The quantitative estimate of drug-likeness (QED) is 0.838. The summed E-state index contributed by atoms with van der Waals surface area (Å²) in [7, 11) is 0. The lowest BCUT2D eigenvalue weighted by atomic mass is 9.85. The van der Waals surface area contributed by atoms with Gasteiger partial charge in [-0.05, 0) is 38.1 Å². The molecule has 0 fully saturated rings. The molecular weight excluding hydrogens is 325 g/mol. The predicted octanol–water partition coefficient (Wildman–Crippen LogP) is 4.41. The van der Waals surface area contributed by atoms with Crippen LogP contribution in [0.4, 0.5) is 10.1 Å². The topological polar surface area (TPSA) is 57.9 Å². The molecule has 1 aromatic carbocycles. The normalized spacial score (nSPS) is 15.3. The second-order valence-corrected chi connectivity index (χ2v) is 6.47. The molecule has 6 heteroatoms. The number of fused-ring (bicyclic) bond motifs is 1. The summed E-state index contributed by atoms with van der Waals surface area (Å²) in [6, 6.07) is 10.9. The standard InChI is InChI=1S/C18H16FN3OS/c1-18(2)14(9-20)17(15-7-4-11(19)10-21-15)13-6-5-12(22-24-3)8-16(13)23-18/h4-8,10,22H,1-3H3. The van der Waals surface area contributed by atoms with Crippen LogP contribution in [0.5, 0.6) is 5.75 Å². The fraction of sp³-hybridized carbons (Fsp3) is 0.222. The van der Waals surface area contributed by atoms with E-state index in [2.05, 4.69) is 15.8 Å². The van der Waals surface area contributed by atoms with Gasteiger partial charge in [0.2, 0.25) is 0 Å². The van der Waals surface area contributed by atoms with Crippen molar-refractivity contribution in [3.8, 4) is 11.8 Å². The molecule has 0 aliphatic carbocycles. The number of anilines is 1. The molecule has 1 aromatic heterocycles. The van der Waals surface area contributed by atoms with Gasteiger partial charge in [0.15, 0.2) is 0 Å².